The largest absolute Gasteiger partial charge is 0.449 e. The van der Waals surface area contributed by atoms with E-state index < -0.39 is 28.0 Å². The fourth-order valence-corrected chi connectivity index (χ4v) is 3.55. The van der Waals surface area contributed by atoms with Gasteiger partial charge in [-0.3, -0.25) is 9.78 Å². The number of amides is 1. The molecule has 4 N–H and O–H groups in total. The summed E-state index contributed by atoms with van der Waals surface area (Å²) in [6.45, 7) is 1.43. The van der Waals surface area contributed by atoms with Gasteiger partial charge in [-0.1, -0.05) is 0 Å². The van der Waals surface area contributed by atoms with E-state index in [4.69, 9.17) is 9.88 Å². The number of imidazole rings is 1. The van der Waals surface area contributed by atoms with Crippen LogP contribution in [0.2, 0.25) is 0 Å². The molecule has 4 aromatic rings. The molecule has 0 aliphatic rings. The van der Waals surface area contributed by atoms with E-state index in [1.165, 1.54) is 31.2 Å². The fourth-order valence-electron chi connectivity index (χ4n) is 3.03. The predicted molar refractivity (Wildman–Crippen MR) is 121 cm³/mol. The van der Waals surface area contributed by atoms with Gasteiger partial charge in [0, 0.05) is 23.6 Å². The van der Waals surface area contributed by atoms with E-state index >= 15 is 0 Å². The Hall–Kier alpha value is -4.09. The van der Waals surface area contributed by atoms with E-state index in [9.17, 15) is 18.0 Å². The number of esters is 1. The third kappa shape index (κ3) is 5.05. The number of pyridine rings is 1. The molecule has 0 spiro atoms. The number of nitrogens with one attached hydrogen (secondary N) is 2. The standard InChI is InChI=1S/C22H19N5O5S/c1-13(21(28)25-16-5-7-17(8-6-16)33(23,30)31)32-22(29)14-4-9-18-19(11-14)27-20(26-18)15-3-2-10-24-12-15/h2-13H,1H3,(H,25,28)(H,26,27)(H2,23,30,31). The van der Waals surface area contributed by atoms with E-state index in [0.717, 1.165) is 5.56 Å². The van der Waals surface area contributed by atoms with Gasteiger partial charge >= 0.3 is 5.97 Å². The Morgan fingerprint density at radius 3 is 2.55 bits per heavy atom. The quantitative estimate of drug-likeness (QED) is 0.369. The lowest BCUT2D eigenvalue weighted by Crippen LogP contribution is -2.30. The normalized spacial score (nSPS) is 12.3. The smallest absolute Gasteiger partial charge is 0.338 e. The van der Waals surface area contributed by atoms with Crippen molar-refractivity contribution in [2.24, 2.45) is 5.14 Å². The van der Waals surface area contributed by atoms with Gasteiger partial charge in [-0.2, -0.15) is 0 Å². The second kappa shape index (κ2) is 8.81. The van der Waals surface area contributed by atoms with Crippen molar-refractivity contribution in [3.8, 4) is 11.4 Å². The van der Waals surface area contributed by atoms with Crippen LogP contribution in [0.15, 0.2) is 71.9 Å². The number of nitrogens with two attached hydrogens (primary N) is 1. The summed E-state index contributed by atoms with van der Waals surface area (Å²) in [6, 6.07) is 13.8. The SMILES string of the molecule is CC(OC(=O)c1ccc2nc(-c3cccnc3)[nH]c2c1)C(=O)Nc1ccc(S(N)(=O)=O)cc1. The van der Waals surface area contributed by atoms with E-state index in [2.05, 4.69) is 20.3 Å². The average molecular weight is 465 g/mol. The molecule has 2 heterocycles. The summed E-state index contributed by atoms with van der Waals surface area (Å²) in [7, 11) is -3.83. The number of aromatic amines is 1. The molecule has 1 atom stereocenters. The topological polar surface area (TPSA) is 157 Å². The first kappa shape index (κ1) is 22.1. The minimum atomic E-state index is -3.83. The summed E-state index contributed by atoms with van der Waals surface area (Å²) in [5.74, 6) is -0.639. The Kier molecular flexibility index (Phi) is 5.90. The summed E-state index contributed by atoms with van der Waals surface area (Å²) in [6.07, 6.45) is 2.24. The van der Waals surface area contributed by atoms with Crippen LogP contribution in [0.4, 0.5) is 5.69 Å². The van der Waals surface area contributed by atoms with Gasteiger partial charge in [-0.15, -0.1) is 0 Å². The van der Waals surface area contributed by atoms with Crippen molar-refractivity contribution in [2.45, 2.75) is 17.9 Å². The molecule has 1 unspecified atom stereocenters. The van der Waals surface area contributed by atoms with Crippen LogP contribution in [0.1, 0.15) is 17.3 Å². The lowest BCUT2D eigenvalue weighted by molar-refractivity contribution is -0.123. The molecule has 10 nitrogen and oxygen atoms in total. The second-order valence-electron chi connectivity index (χ2n) is 7.17. The molecule has 1 amide bonds. The Bertz CT molecular complexity index is 1430. The fraction of sp³-hybridized carbons (Fsp3) is 0.0909. The minimum absolute atomic E-state index is 0.0825. The molecule has 0 aliphatic heterocycles. The molecule has 0 bridgehead atoms. The number of hydrogen-bond acceptors (Lipinski definition) is 7. The lowest BCUT2D eigenvalue weighted by Gasteiger charge is -2.13. The number of hydrogen-bond donors (Lipinski definition) is 3. The van der Waals surface area contributed by atoms with E-state index in [1.54, 1.807) is 36.7 Å². The Morgan fingerprint density at radius 2 is 1.88 bits per heavy atom. The number of anilines is 1. The third-order valence-corrected chi connectivity index (χ3v) is 5.69. The molecular weight excluding hydrogens is 446 g/mol. The summed E-state index contributed by atoms with van der Waals surface area (Å²) in [5.41, 5.74) is 2.69. The number of fused-ring (bicyclic) bond motifs is 1. The van der Waals surface area contributed by atoms with Gasteiger partial charge in [0.2, 0.25) is 10.0 Å². The first-order valence-electron chi connectivity index (χ1n) is 9.75. The zero-order chi connectivity index (χ0) is 23.6. The number of primary sulfonamides is 1. The molecule has 11 heteroatoms. The summed E-state index contributed by atoms with van der Waals surface area (Å²) >= 11 is 0. The molecule has 4 rings (SSSR count). The number of aromatic nitrogens is 3. The molecule has 0 fully saturated rings. The van der Waals surface area contributed by atoms with Gasteiger partial charge in [0.15, 0.2) is 6.10 Å². The number of carbonyl (C=O) groups excluding carboxylic acids is 2. The summed E-state index contributed by atoms with van der Waals surface area (Å²) in [5, 5.41) is 7.60. The Balaban J connectivity index is 1.43. The highest BCUT2D eigenvalue weighted by Crippen LogP contribution is 2.21. The maximum Gasteiger partial charge on any atom is 0.338 e. The average Bonchev–Trinajstić information content (AvgIpc) is 3.23. The number of H-pyrrole nitrogens is 1. The number of nitrogens with zero attached hydrogens (tertiary/aromatic N) is 2. The molecule has 2 aromatic carbocycles. The molecule has 0 saturated heterocycles. The van der Waals surface area contributed by atoms with Crippen molar-refractivity contribution in [3.05, 3.63) is 72.6 Å². The number of rotatable bonds is 6. The van der Waals surface area contributed by atoms with Gasteiger partial charge in [-0.25, -0.2) is 23.3 Å². The van der Waals surface area contributed by atoms with Crippen LogP contribution in [0.5, 0.6) is 0 Å². The van der Waals surface area contributed by atoms with Crippen LogP contribution in [-0.2, 0) is 19.6 Å². The first-order valence-corrected chi connectivity index (χ1v) is 11.3. The third-order valence-electron chi connectivity index (χ3n) is 4.76. The zero-order valence-corrected chi connectivity index (χ0v) is 18.2. The molecule has 0 radical (unpaired) electrons. The van der Waals surface area contributed by atoms with E-state index in [1.807, 2.05) is 6.07 Å². The van der Waals surface area contributed by atoms with Crippen molar-refractivity contribution < 1.29 is 22.7 Å². The van der Waals surface area contributed by atoms with Crippen LogP contribution < -0.4 is 10.5 Å². The van der Waals surface area contributed by atoms with Crippen LogP contribution >= 0.6 is 0 Å². The molecule has 33 heavy (non-hydrogen) atoms. The Morgan fingerprint density at radius 1 is 1.12 bits per heavy atom. The van der Waals surface area contributed by atoms with Crippen LogP contribution in [0.3, 0.4) is 0 Å². The lowest BCUT2D eigenvalue weighted by atomic mass is 10.2. The highest BCUT2D eigenvalue weighted by molar-refractivity contribution is 7.89. The van der Waals surface area contributed by atoms with Crippen molar-refractivity contribution in [1.29, 1.82) is 0 Å². The summed E-state index contributed by atoms with van der Waals surface area (Å²) in [4.78, 5) is 36.5. The zero-order valence-electron chi connectivity index (χ0n) is 17.3. The minimum Gasteiger partial charge on any atom is -0.449 e. The van der Waals surface area contributed by atoms with Crippen molar-refractivity contribution in [2.75, 3.05) is 5.32 Å². The van der Waals surface area contributed by atoms with Gasteiger partial charge in [0.05, 0.1) is 21.5 Å². The van der Waals surface area contributed by atoms with Gasteiger partial charge in [-0.05, 0) is 61.5 Å². The van der Waals surface area contributed by atoms with Crippen LogP contribution in [0.25, 0.3) is 22.4 Å². The van der Waals surface area contributed by atoms with Gasteiger partial charge in [0.1, 0.15) is 5.82 Å². The number of carbonyl (C=O) groups is 2. The monoisotopic (exact) mass is 465 g/mol. The molecule has 2 aromatic heterocycles. The predicted octanol–water partition coefficient (Wildman–Crippen LogP) is 2.46. The van der Waals surface area contributed by atoms with Crippen molar-refractivity contribution in [3.63, 3.8) is 0 Å². The maximum atomic E-state index is 12.6. The Labute approximate surface area is 188 Å². The van der Waals surface area contributed by atoms with Crippen molar-refractivity contribution in [1.82, 2.24) is 15.0 Å². The van der Waals surface area contributed by atoms with Gasteiger partial charge < -0.3 is 15.0 Å². The molecular formula is C22H19N5O5S. The van der Waals surface area contributed by atoms with E-state index in [-0.39, 0.29) is 10.5 Å². The van der Waals surface area contributed by atoms with Crippen molar-refractivity contribution >= 4 is 38.6 Å². The van der Waals surface area contributed by atoms with Crippen LogP contribution in [-0.4, -0.2) is 41.4 Å². The first-order chi connectivity index (χ1) is 15.7. The van der Waals surface area contributed by atoms with Crippen LogP contribution in [0, 0.1) is 0 Å². The number of ether oxygens (including phenoxy) is 1. The number of sulfonamides is 1. The van der Waals surface area contributed by atoms with Gasteiger partial charge in [0.25, 0.3) is 5.91 Å². The van der Waals surface area contributed by atoms with E-state index in [0.29, 0.717) is 22.5 Å². The summed E-state index contributed by atoms with van der Waals surface area (Å²) < 4.78 is 27.9. The second-order valence-corrected chi connectivity index (χ2v) is 8.73. The molecule has 0 saturated carbocycles. The molecule has 168 valence electrons. The number of benzene rings is 2. The highest BCUT2D eigenvalue weighted by Gasteiger charge is 2.20. The molecule has 0 aliphatic carbocycles. The highest BCUT2D eigenvalue weighted by atomic mass is 32.2. The maximum absolute atomic E-state index is 12.6.